The van der Waals surface area contributed by atoms with Crippen molar-refractivity contribution in [2.24, 2.45) is 5.41 Å². The van der Waals surface area contributed by atoms with Gasteiger partial charge in [0.05, 0.1) is 43.2 Å². The number of aromatic hydroxyl groups is 1. The van der Waals surface area contributed by atoms with Gasteiger partial charge in [-0.25, -0.2) is 0 Å². The standard InChI is InChI=1S/C29H34IN5O5/c1-33(2)15-29(6-7-29)16-40-28-31-24-14-35(13-22(24)26(32-28)34-11-19(37)9-20(38)12-34)27(39)21-10-18(36)8-17-4-3-5-23(30)25(17)21/h3-5,8,10,19-20,36-38H,6-7,9,11-16H2,1-2H3/t19-,20+. The summed E-state index contributed by atoms with van der Waals surface area (Å²) in [5.41, 5.74) is 2.01. The van der Waals surface area contributed by atoms with Gasteiger partial charge in [0, 0.05) is 46.0 Å². The summed E-state index contributed by atoms with van der Waals surface area (Å²) in [6.45, 7) is 2.63. The quantitative estimate of drug-likeness (QED) is 0.329. The van der Waals surface area contributed by atoms with Gasteiger partial charge < -0.3 is 34.8 Å². The summed E-state index contributed by atoms with van der Waals surface area (Å²) in [4.78, 5) is 29.2. The van der Waals surface area contributed by atoms with Crippen LogP contribution in [0.15, 0.2) is 30.3 Å². The van der Waals surface area contributed by atoms with Crippen LogP contribution in [0.3, 0.4) is 0 Å². The first-order valence-electron chi connectivity index (χ1n) is 13.6. The van der Waals surface area contributed by atoms with Gasteiger partial charge in [0.15, 0.2) is 0 Å². The number of carbonyl (C=O) groups excluding carboxylic acids is 1. The number of aliphatic hydroxyl groups excluding tert-OH is 2. The highest BCUT2D eigenvalue weighted by atomic mass is 127. The molecule has 2 aliphatic heterocycles. The van der Waals surface area contributed by atoms with Gasteiger partial charge in [0.2, 0.25) is 0 Å². The summed E-state index contributed by atoms with van der Waals surface area (Å²) in [6.07, 6.45) is 1.12. The Balaban J connectivity index is 1.33. The fraction of sp³-hybridized carbons (Fsp3) is 0.483. The van der Waals surface area contributed by atoms with Crippen LogP contribution < -0.4 is 9.64 Å². The van der Waals surface area contributed by atoms with Crippen LogP contribution in [-0.2, 0) is 13.1 Å². The largest absolute Gasteiger partial charge is 0.508 e. The van der Waals surface area contributed by atoms with Crippen LogP contribution in [0.4, 0.5) is 5.82 Å². The molecule has 0 radical (unpaired) electrons. The molecule has 2 aromatic carbocycles. The zero-order chi connectivity index (χ0) is 28.2. The summed E-state index contributed by atoms with van der Waals surface area (Å²) in [7, 11) is 4.11. The van der Waals surface area contributed by atoms with Crippen molar-refractivity contribution >= 4 is 45.1 Å². The lowest BCUT2D eigenvalue weighted by molar-refractivity contribution is 0.0644. The Hall–Kier alpha value is -2.74. The zero-order valence-corrected chi connectivity index (χ0v) is 24.8. The number of benzene rings is 2. The monoisotopic (exact) mass is 659 g/mol. The van der Waals surface area contributed by atoms with Crippen molar-refractivity contribution in [1.29, 1.82) is 0 Å². The Morgan fingerprint density at radius 2 is 1.90 bits per heavy atom. The van der Waals surface area contributed by atoms with Gasteiger partial charge >= 0.3 is 6.01 Å². The number of halogens is 1. The van der Waals surface area contributed by atoms with Crippen molar-refractivity contribution in [1.82, 2.24) is 19.8 Å². The highest BCUT2D eigenvalue weighted by molar-refractivity contribution is 14.1. The highest BCUT2D eigenvalue weighted by Gasteiger charge is 2.44. The van der Waals surface area contributed by atoms with Crippen LogP contribution in [0.5, 0.6) is 11.8 Å². The van der Waals surface area contributed by atoms with E-state index in [1.165, 1.54) is 6.07 Å². The molecule has 0 bridgehead atoms. The number of anilines is 1. The summed E-state index contributed by atoms with van der Waals surface area (Å²) >= 11 is 2.21. The van der Waals surface area contributed by atoms with Gasteiger partial charge in [-0.1, -0.05) is 12.1 Å². The Bertz CT molecular complexity index is 1450. The number of phenols is 1. The second-order valence-electron chi connectivity index (χ2n) is 11.7. The van der Waals surface area contributed by atoms with Gasteiger partial charge in [0.1, 0.15) is 11.6 Å². The molecule has 1 aromatic heterocycles. The van der Waals surface area contributed by atoms with Gasteiger partial charge in [-0.05, 0) is 73.1 Å². The molecule has 40 heavy (non-hydrogen) atoms. The van der Waals surface area contributed by atoms with E-state index in [2.05, 4.69) is 41.6 Å². The molecule has 2 atom stereocenters. The summed E-state index contributed by atoms with van der Waals surface area (Å²) < 4.78 is 7.10. The van der Waals surface area contributed by atoms with E-state index >= 15 is 0 Å². The maximum absolute atomic E-state index is 13.9. The molecule has 1 saturated carbocycles. The fourth-order valence-electron chi connectivity index (χ4n) is 6.02. The molecule has 11 heteroatoms. The van der Waals surface area contributed by atoms with E-state index in [0.29, 0.717) is 43.2 Å². The van der Waals surface area contributed by atoms with Crippen LogP contribution in [0, 0.1) is 8.99 Å². The molecule has 3 aromatic rings. The smallest absolute Gasteiger partial charge is 0.318 e. The number of amides is 1. The van der Waals surface area contributed by atoms with Crippen molar-refractivity contribution in [2.75, 3.05) is 45.2 Å². The average molecular weight is 660 g/mol. The van der Waals surface area contributed by atoms with Crippen molar-refractivity contribution < 1.29 is 24.9 Å². The second-order valence-corrected chi connectivity index (χ2v) is 12.9. The number of piperidine rings is 1. The highest BCUT2D eigenvalue weighted by Crippen LogP contribution is 2.46. The average Bonchev–Trinajstić information content (AvgIpc) is 3.50. The number of ether oxygens (including phenoxy) is 1. The predicted octanol–water partition coefficient (Wildman–Crippen LogP) is 2.75. The van der Waals surface area contributed by atoms with Gasteiger partial charge in [-0.2, -0.15) is 9.97 Å². The first-order valence-corrected chi connectivity index (χ1v) is 14.7. The minimum absolute atomic E-state index is 0.0359. The lowest BCUT2D eigenvalue weighted by atomic mass is 10.0. The Morgan fingerprint density at radius 1 is 1.15 bits per heavy atom. The predicted molar refractivity (Wildman–Crippen MR) is 158 cm³/mol. The van der Waals surface area contributed by atoms with Crippen LogP contribution >= 0.6 is 22.6 Å². The molecule has 1 saturated heterocycles. The molecule has 1 aliphatic carbocycles. The Kier molecular flexibility index (Phi) is 7.26. The van der Waals surface area contributed by atoms with Crippen molar-refractivity contribution in [3.63, 3.8) is 0 Å². The molecule has 1 amide bonds. The molecule has 0 spiro atoms. The lowest BCUT2D eigenvalue weighted by Gasteiger charge is -2.35. The van der Waals surface area contributed by atoms with Crippen molar-refractivity contribution in [3.05, 3.63) is 50.7 Å². The molecule has 3 aliphatic rings. The Labute approximate surface area is 246 Å². The number of aromatic nitrogens is 2. The third kappa shape index (κ3) is 5.44. The maximum atomic E-state index is 13.9. The van der Waals surface area contributed by atoms with Crippen LogP contribution in [0.1, 0.15) is 40.9 Å². The van der Waals surface area contributed by atoms with E-state index in [9.17, 15) is 20.1 Å². The lowest BCUT2D eigenvalue weighted by Crippen LogP contribution is -2.46. The van der Waals surface area contributed by atoms with E-state index in [0.717, 1.165) is 39.3 Å². The van der Waals surface area contributed by atoms with Gasteiger partial charge in [-0.15, -0.1) is 0 Å². The molecular weight excluding hydrogens is 625 g/mol. The number of hydrogen-bond acceptors (Lipinski definition) is 9. The number of aliphatic hydroxyl groups is 2. The molecule has 10 nitrogen and oxygen atoms in total. The maximum Gasteiger partial charge on any atom is 0.318 e. The van der Waals surface area contributed by atoms with E-state index in [1.54, 1.807) is 11.0 Å². The summed E-state index contributed by atoms with van der Waals surface area (Å²) in [5, 5.41) is 32.8. The molecule has 3 heterocycles. The molecular formula is C29H34IN5O5. The normalized spacial score (nSPS) is 21.6. The molecule has 0 unspecified atom stereocenters. The fourth-order valence-corrected chi connectivity index (χ4v) is 6.83. The molecule has 6 rings (SSSR count). The minimum Gasteiger partial charge on any atom is -0.508 e. The number of nitrogens with zero attached hydrogens (tertiary/aromatic N) is 5. The number of carbonyl (C=O) groups is 1. The number of phenolic OH excluding ortho intramolecular Hbond substituents is 1. The molecule has 2 fully saturated rings. The summed E-state index contributed by atoms with van der Waals surface area (Å²) in [6, 6.07) is 9.16. The number of β-amino-alcohol motifs (C(OH)–C–C–N with tert-alkyl or cyclic N) is 2. The number of fused-ring (bicyclic) bond motifs is 2. The van der Waals surface area contributed by atoms with Gasteiger partial charge in [0.25, 0.3) is 5.91 Å². The van der Waals surface area contributed by atoms with Crippen molar-refractivity contribution in [3.8, 4) is 11.8 Å². The first-order chi connectivity index (χ1) is 19.1. The van der Waals surface area contributed by atoms with Crippen LogP contribution in [-0.4, -0.2) is 93.5 Å². The van der Waals surface area contributed by atoms with E-state index in [-0.39, 0.29) is 36.2 Å². The molecule has 3 N–H and O–H groups in total. The topological polar surface area (TPSA) is 122 Å². The first kappa shape index (κ1) is 27.4. The van der Waals surface area contributed by atoms with Gasteiger partial charge in [-0.3, -0.25) is 4.79 Å². The SMILES string of the molecule is CN(C)CC1(COc2nc3c(c(N4C[C@H](O)C[C@H](O)C4)n2)CN(C(=O)c2cc(O)cc4cccc(I)c24)C3)CC1. The molecule has 212 valence electrons. The van der Waals surface area contributed by atoms with Crippen LogP contribution in [0.25, 0.3) is 10.8 Å². The van der Waals surface area contributed by atoms with E-state index in [1.807, 2.05) is 23.1 Å². The number of hydrogen-bond donors (Lipinski definition) is 3. The summed E-state index contributed by atoms with van der Waals surface area (Å²) in [5.74, 6) is 0.410. The zero-order valence-electron chi connectivity index (χ0n) is 22.7. The van der Waals surface area contributed by atoms with E-state index < -0.39 is 12.2 Å². The Morgan fingerprint density at radius 3 is 2.60 bits per heavy atom. The van der Waals surface area contributed by atoms with Crippen molar-refractivity contribution in [2.45, 2.75) is 44.6 Å². The second kappa shape index (κ2) is 10.6. The third-order valence-electron chi connectivity index (χ3n) is 7.99. The van der Waals surface area contributed by atoms with Crippen LogP contribution in [0.2, 0.25) is 0 Å². The third-order valence-corrected chi connectivity index (χ3v) is 8.89. The number of rotatable bonds is 7. The minimum atomic E-state index is -0.687. The van der Waals surface area contributed by atoms with E-state index in [4.69, 9.17) is 14.7 Å².